The number of hydrogen-bond donors (Lipinski definition) is 0. The molecule has 14 heavy (non-hydrogen) atoms. The van der Waals surface area contributed by atoms with E-state index in [1.807, 2.05) is 0 Å². The third kappa shape index (κ3) is 1.40. The van der Waals surface area contributed by atoms with Crippen LogP contribution >= 0.6 is 0 Å². The first-order valence-corrected chi connectivity index (χ1v) is 9.12. The molecule has 4 unspecified atom stereocenters. The molecule has 0 amide bonds. The minimum atomic E-state index is -1.18. The summed E-state index contributed by atoms with van der Waals surface area (Å²) in [6.45, 7) is 7.10. The Morgan fingerprint density at radius 2 is 1.93 bits per heavy atom. The van der Waals surface area contributed by atoms with Gasteiger partial charge >= 0.3 is 0 Å². The van der Waals surface area contributed by atoms with Crippen molar-refractivity contribution in [3.05, 3.63) is 10.1 Å². The largest absolute Gasteiger partial charge is 0.264 e. The van der Waals surface area contributed by atoms with Gasteiger partial charge in [-0.25, -0.2) is 0 Å². The van der Waals surface area contributed by atoms with E-state index in [0.717, 1.165) is 18.4 Å². The molecule has 0 aromatic heterocycles. The van der Waals surface area contributed by atoms with Gasteiger partial charge in [-0.15, -0.1) is 0 Å². The third-order valence-corrected chi connectivity index (χ3v) is 7.05. The maximum absolute atomic E-state index is 10.9. The Bertz CT molecular complexity index is 261. The maximum Gasteiger partial charge on any atom is 0.216 e. The summed E-state index contributed by atoms with van der Waals surface area (Å²) in [5.74, 6) is 1.10. The van der Waals surface area contributed by atoms with Gasteiger partial charge in [-0.3, -0.25) is 10.1 Å². The molecule has 0 radical (unpaired) electrons. The van der Waals surface area contributed by atoms with Crippen LogP contribution in [0.1, 0.15) is 19.3 Å². The molecule has 2 aliphatic rings. The molecule has 3 nitrogen and oxygen atoms in total. The molecule has 0 spiro atoms. The molecule has 2 bridgehead atoms. The molecule has 2 fully saturated rings. The fourth-order valence-corrected chi connectivity index (χ4v) is 7.28. The second kappa shape index (κ2) is 3.05. The van der Waals surface area contributed by atoms with Crippen LogP contribution in [-0.4, -0.2) is 19.0 Å². The molecular weight excluding hydrogens is 194 g/mol. The highest BCUT2D eigenvalue weighted by atomic mass is 28.3. The SMILES string of the molecule is C[Si](C)(C)C1C2CCC1C([N+](=O)[O-])C2. The van der Waals surface area contributed by atoms with Gasteiger partial charge in [0.05, 0.1) is 0 Å². The lowest BCUT2D eigenvalue weighted by Gasteiger charge is -2.28. The Kier molecular flexibility index (Phi) is 2.21. The second-order valence-electron chi connectivity index (χ2n) is 5.98. The van der Waals surface area contributed by atoms with Crippen LogP contribution in [0.3, 0.4) is 0 Å². The molecule has 4 atom stereocenters. The van der Waals surface area contributed by atoms with Gasteiger partial charge in [0.15, 0.2) is 0 Å². The van der Waals surface area contributed by atoms with Gasteiger partial charge in [-0.1, -0.05) is 19.6 Å². The average molecular weight is 213 g/mol. The molecule has 80 valence electrons. The van der Waals surface area contributed by atoms with Crippen molar-refractivity contribution in [1.29, 1.82) is 0 Å². The van der Waals surface area contributed by atoms with Gasteiger partial charge < -0.3 is 0 Å². The van der Waals surface area contributed by atoms with Crippen LogP contribution < -0.4 is 0 Å². The number of nitro groups is 1. The summed E-state index contributed by atoms with van der Waals surface area (Å²) in [4.78, 5) is 10.9. The van der Waals surface area contributed by atoms with E-state index >= 15 is 0 Å². The van der Waals surface area contributed by atoms with Gasteiger partial charge in [0.25, 0.3) is 0 Å². The van der Waals surface area contributed by atoms with E-state index in [1.54, 1.807) is 0 Å². The Morgan fingerprint density at radius 1 is 1.29 bits per heavy atom. The van der Waals surface area contributed by atoms with E-state index in [-0.39, 0.29) is 11.0 Å². The Morgan fingerprint density at radius 3 is 2.29 bits per heavy atom. The quantitative estimate of drug-likeness (QED) is 0.402. The summed E-state index contributed by atoms with van der Waals surface area (Å²) in [6.07, 6.45) is 3.24. The fraction of sp³-hybridized carbons (Fsp3) is 1.00. The molecule has 0 saturated heterocycles. The topological polar surface area (TPSA) is 43.1 Å². The van der Waals surface area contributed by atoms with E-state index in [9.17, 15) is 10.1 Å². The zero-order valence-electron chi connectivity index (χ0n) is 9.19. The lowest BCUT2D eigenvalue weighted by molar-refractivity contribution is -0.530. The minimum absolute atomic E-state index is 0.0169. The summed E-state index contributed by atoms with van der Waals surface area (Å²) < 4.78 is 0. The first kappa shape index (κ1) is 10.1. The van der Waals surface area contributed by atoms with Crippen LogP contribution in [0, 0.1) is 22.0 Å². The van der Waals surface area contributed by atoms with Gasteiger partial charge in [0, 0.05) is 25.3 Å². The van der Waals surface area contributed by atoms with Crippen molar-refractivity contribution < 1.29 is 4.92 Å². The lowest BCUT2D eigenvalue weighted by Crippen LogP contribution is -2.34. The zero-order chi connectivity index (χ0) is 10.5. The molecule has 0 N–H and O–H groups in total. The molecule has 0 aliphatic heterocycles. The standard InChI is InChI=1S/C10H19NO2Si/c1-14(2,3)10-7-4-5-8(10)9(6-7)11(12)13/h7-10H,4-6H2,1-3H3. The predicted molar refractivity (Wildman–Crippen MR) is 58.7 cm³/mol. The molecule has 2 rings (SSSR count). The fourth-order valence-electron chi connectivity index (χ4n) is 3.89. The van der Waals surface area contributed by atoms with Gasteiger partial charge in [-0.05, 0) is 24.3 Å². The maximum atomic E-state index is 10.9. The second-order valence-corrected chi connectivity index (χ2v) is 11.4. The van der Waals surface area contributed by atoms with Crippen molar-refractivity contribution in [2.24, 2.45) is 11.8 Å². The normalized spacial score (nSPS) is 41.6. The van der Waals surface area contributed by atoms with Crippen LogP contribution in [0.25, 0.3) is 0 Å². The van der Waals surface area contributed by atoms with Crippen molar-refractivity contribution in [2.45, 2.75) is 50.5 Å². The molecule has 4 heteroatoms. The highest BCUT2D eigenvalue weighted by Crippen LogP contribution is 2.57. The van der Waals surface area contributed by atoms with E-state index in [1.165, 1.54) is 6.42 Å². The highest BCUT2D eigenvalue weighted by Gasteiger charge is 2.57. The van der Waals surface area contributed by atoms with Crippen molar-refractivity contribution in [3.63, 3.8) is 0 Å². The van der Waals surface area contributed by atoms with Crippen LogP contribution in [0.15, 0.2) is 0 Å². The molecule has 2 aliphatic carbocycles. The van der Waals surface area contributed by atoms with E-state index in [2.05, 4.69) is 19.6 Å². The van der Waals surface area contributed by atoms with Gasteiger partial charge in [-0.2, -0.15) is 0 Å². The van der Waals surface area contributed by atoms with Gasteiger partial charge in [0.2, 0.25) is 6.04 Å². The van der Waals surface area contributed by atoms with E-state index in [4.69, 9.17) is 0 Å². The van der Waals surface area contributed by atoms with Crippen LogP contribution in [0.2, 0.25) is 25.2 Å². The summed E-state index contributed by atoms with van der Waals surface area (Å²) >= 11 is 0. The monoisotopic (exact) mass is 213 g/mol. The third-order valence-electron chi connectivity index (χ3n) is 4.15. The zero-order valence-corrected chi connectivity index (χ0v) is 10.2. The molecular formula is C10H19NO2Si. The summed E-state index contributed by atoms with van der Waals surface area (Å²) in [7, 11) is -1.18. The molecule has 0 heterocycles. The minimum Gasteiger partial charge on any atom is -0.264 e. The lowest BCUT2D eigenvalue weighted by atomic mass is 9.96. The van der Waals surface area contributed by atoms with Crippen molar-refractivity contribution >= 4 is 8.07 Å². The molecule has 0 aromatic rings. The predicted octanol–water partition coefficient (Wildman–Crippen LogP) is 2.77. The average Bonchev–Trinajstić information content (AvgIpc) is 2.57. The van der Waals surface area contributed by atoms with Gasteiger partial charge in [0.1, 0.15) is 0 Å². The van der Waals surface area contributed by atoms with Crippen molar-refractivity contribution in [1.82, 2.24) is 0 Å². The highest BCUT2D eigenvalue weighted by molar-refractivity contribution is 6.77. The summed E-state index contributed by atoms with van der Waals surface area (Å²) in [5.41, 5.74) is 0.720. The first-order chi connectivity index (χ1) is 6.41. The molecule has 0 aromatic carbocycles. The van der Waals surface area contributed by atoms with Crippen molar-refractivity contribution in [3.8, 4) is 0 Å². The Hall–Kier alpha value is -0.383. The summed E-state index contributed by atoms with van der Waals surface area (Å²) in [6, 6.07) is -0.203. The Balaban J connectivity index is 2.20. The molecule has 2 saturated carbocycles. The van der Waals surface area contributed by atoms with E-state index < -0.39 is 8.07 Å². The number of fused-ring (bicyclic) bond motifs is 2. The number of hydrogen-bond acceptors (Lipinski definition) is 2. The summed E-state index contributed by atoms with van der Waals surface area (Å²) in [5, 5.41) is 10.9. The van der Waals surface area contributed by atoms with Crippen LogP contribution in [0.5, 0.6) is 0 Å². The Labute approximate surface area is 86.0 Å². The van der Waals surface area contributed by atoms with Crippen LogP contribution in [0.4, 0.5) is 0 Å². The van der Waals surface area contributed by atoms with E-state index in [0.29, 0.717) is 11.8 Å². The first-order valence-electron chi connectivity index (χ1n) is 5.55. The van der Waals surface area contributed by atoms with Crippen molar-refractivity contribution in [2.75, 3.05) is 0 Å². The smallest absolute Gasteiger partial charge is 0.216 e. The number of rotatable bonds is 2. The number of nitrogens with zero attached hydrogens (tertiary/aromatic N) is 1. The van der Waals surface area contributed by atoms with Crippen LogP contribution in [-0.2, 0) is 0 Å².